The Morgan fingerprint density at radius 1 is 1.20 bits per heavy atom. The van der Waals surface area contributed by atoms with E-state index in [-0.39, 0.29) is 22.5 Å². The van der Waals surface area contributed by atoms with Crippen molar-refractivity contribution in [2.75, 3.05) is 31.1 Å². The third-order valence-corrected chi connectivity index (χ3v) is 10.1. The number of hydrogen-bond acceptors (Lipinski definition) is 9. The molecule has 16 heteroatoms. The van der Waals surface area contributed by atoms with Crippen molar-refractivity contribution in [3.63, 3.8) is 0 Å². The lowest BCUT2D eigenvalue weighted by Gasteiger charge is -2.35. The van der Waals surface area contributed by atoms with Gasteiger partial charge in [-0.1, -0.05) is 17.4 Å². The minimum absolute atomic E-state index is 0.00221. The molecule has 3 fully saturated rings. The number of nitrogens with one attached hydrogen (secondary N) is 1. The summed E-state index contributed by atoms with van der Waals surface area (Å²) in [6.07, 6.45) is 1.63. The number of carbonyl (C=O) groups excluding carboxylic acids is 1. The van der Waals surface area contributed by atoms with Gasteiger partial charge in [0.2, 0.25) is 21.1 Å². The Bertz CT molecular complexity index is 1860. The minimum Gasteiger partial charge on any atom is -0.345 e. The molecule has 1 saturated heterocycles. The normalized spacial score (nSPS) is 18.9. The van der Waals surface area contributed by atoms with Crippen LogP contribution in [0.5, 0.6) is 0 Å². The molecule has 3 aromatic heterocycles. The summed E-state index contributed by atoms with van der Waals surface area (Å²) in [6.45, 7) is 9.32. The molecule has 1 aromatic carbocycles. The number of piperazine rings is 1. The highest BCUT2D eigenvalue weighted by atomic mass is 32.2. The molecule has 1 N–H and O–H groups in total. The number of alkyl halides is 2. The van der Waals surface area contributed by atoms with E-state index in [2.05, 4.69) is 29.7 Å². The van der Waals surface area contributed by atoms with Gasteiger partial charge in [0.05, 0.1) is 35.2 Å². The first kappa shape index (κ1) is 26.1. The molecular weight excluding hydrogens is 576 g/mol. The largest absolute Gasteiger partial charge is 0.345 e. The average Bonchev–Trinajstić information content (AvgIpc) is 3.85. The highest BCUT2D eigenvalue weighted by Gasteiger charge is 2.54. The second kappa shape index (κ2) is 9.36. The van der Waals surface area contributed by atoms with Gasteiger partial charge >= 0.3 is 0 Å². The Labute approximate surface area is 236 Å². The van der Waals surface area contributed by atoms with Gasteiger partial charge in [-0.25, -0.2) is 33.7 Å². The van der Waals surface area contributed by atoms with E-state index in [1.54, 1.807) is 6.07 Å². The lowest BCUT2D eigenvalue weighted by Crippen LogP contribution is -2.51. The molecule has 2 saturated carbocycles. The highest BCUT2D eigenvalue weighted by molar-refractivity contribution is 7.89. The quantitative estimate of drug-likeness (QED) is 0.306. The fourth-order valence-corrected chi connectivity index (χ4v) is 7.26. The summed E-state index contributed by atoms with van der Waals surface area (Å²) in [6, 6.07) is 4.44. The number of hydrogen-bond donors (Lipinski definition) is 1. The zero-order valence-corrected chi connectivity index (χ0v) is 23.1. The number of halogens is 2. The second-order valence-electron chi connectivity index (χ2n) is 10.6. The van der Waals surface area contributed by atoms with Crippen LogP contribution < -0.4 is 9.62 Å². The van der Waals surface area contributed by atoms with Crippen molar-refractivity contribution in [3.05, 3.63) is 41.0 Å². The molecule has 1 amide bonds. The fourth-order valence-electron chi connectivity index (χ4n) is 5.16. The molecule has 12 nitrogen and oxygen atoms in total. The Morgan fingerprint density at radius 2 is 2.00 bits per heavy atom. The summed E-state index contributed by atoms with van der Waals surface area (Å²) in [4.78, 5) is 29.0. The van der Waals surface area contributed by atoms with Gasteiger partial charge in [-0.3, -0.25) is 14.2 Å². The van der Waals surface area contributed by atoms with Gasteiger partial charge in [0.1, 0.15) is 12.1 Å². The van der Waals surface area contributed by atoms with Crippen molar-refractivity contribution in [2.45, 2.75) is 42.7 Å². The van der Waals surface area contributed by atoms with Crippen molar-refractivity contribution in [1.29, 1.82) is 0 Å². The molecule has 3 aliphatic rings. The molecule has 4 heterocycles. The summed E-state index contributed by atoms with van der Waals surface area (Å²) in [5.74, 6) is 1.05. The topological polar surface area (TPSA) is 131 Å². The van der Waals surface area contributed by atoms with Crippen LogP contribution in [-0.4, -0.2) is 75.8 Å². The third kappa shape index (κ3) is 4.57. The molecule has 0 spiro atoms. The van der Waals surface area contributed by atoms with Gasteiger partial charge in [0.25, 0.3) is 12.1 Å². The number of aromatic nitrogens is 5. The SMILES string of the molecule is [C-]#[N+]C1(NS(=O)(=O)c2ccc3c4c(N5CCN(CC6CC6)C(=O)C5)ncnc4n(-c4nnc(C(F)F)s4)c3c2)CC1. The summed E-state index contributed by atoms with van der Waals surface area (Å²) in [5.41, 5.74) is -0.483. The van der Waals surface area contributed by atoms with E-state index in [1.165, 1.54) is 23.0 Å². The molecule has 7 rings (SSSR count). The van der Waals surface area contributed by atoms with Crippen LogP contribution in [-0.2, 0) is 14.8 Å². The maximum absolute atomic E-state index is 13.4. The van der Waals surface area contributed by atoms with E-state index in [1.807, 2.05) is 9.80 Å². The van der Waals surface area contributed by atoms with Crippen molar-refractivity contribution in [3.8, 4) is 5.13 Å². The van der Waals surface area contributed by atoms with Crippen molar-refractivity contribution < 1.29 is 22.0 Å². The lowest BCUT2D eigenvalue weighted by atomic mass is 10.2. The van der Waals surface area contributed by atoms with Gasteiger partial charge in [0, 0.05) is 25.0 Å². The van der Waals surface area contributed by atoms with Gasteiger partial charge in [-0.2, -0.15) is 0 Å². The standard InChI is InChI=1S/C25H23F2N9O3S2/c1-28-25(6-7-25)33-41(38,39)15-4-5-16-17(10-15)36(24-32-31-23(40-24)20(26)27)22-19(16)21(29-13-30-22)35-9-8-34(18(37)12-35)11-14-2-3-14/h4-5,10,13-14,20,33H,2-3,6-9,11-12H2. The van der Waals surface area contributed by atoms with Crippen LogP contribution >= 0.6 is 11.3 Å². The Kier molecular flexibility index (Phi) is 5.96. The first-order valence-corrected chi connectivity index (χ1v) is 15.3. The average molecular weight is 600 g/mol. The number of carbonyl (C=O) groups is 1. The highest BCUT2D eigenvalue weighted by Crippen LogP contribution is 2.41. The van der Waals surface area contributed by atoms with E-state index in [0.29, 0.717) is 70.9 Å². The van der Waals surface area contributed by atoms with Crippen molar-refractivity contribution in [1.82, 2.24) is 34.4 Å². The zero-order valence-electron chi connectivity index (χ0n) is 21.5. The molecule has 0 unspecified atom stereocenters. The zero-order chi connectivity index (χ0) is 28.5. The number of sulfonamides is 1. The van der Waals surface area contributed by atoms with Crippen LogP contribution in [0.3, 0.4) is 0 Å². The first-order valence-electron chi connectivity index (χ1n) is 13.0. The number of benzene rings is 1. The smallest absolute Gasteiger partial charge is 0.299 e. The molecule has 0 atom stereocenters. The molecule has 4 aromatic rings. The summed E-state index contributed by atoms with van der Waals surface area (Å²) >= 11 is 0.670. The lowest BCUT2D eigenvalue weighted by molar-refractivity contribution is -0.131. The molecule has 0 bridgehead atoms. The molecule has 1 aliphatic heterocycles. The monoisotopic (exact) mass is 599 g/mol. The van der Waals surface area contributed by atoms with Gasteiger partial charge in [0.15, 0.2) is 10.7 Å². The van der Waals surface area contributed by atoms with Gasteiger partial charge in [-0.05, 0) is 30.9 Å². The second-order valence-corrected chi connectivity index (χ2v) is 13.3. The molecular formula is C25H23F2N9O3S2. The maximum Gasteiger partial charge on any atom is 0.299 e. The minimum atomic E-state index is -4.08. The number of fused-ring (bicyclic) bond motifs is 3. The summed E-state index contributed by atoms with van der Waals surface area (Å²) in [7, 11) is -4.08. The van der Waals surface area contributed by atoms with Crippen LogP contribution in [0.1, 0.15) is 37.1 Å². The summed E-state index contributed by atoms with van der Waals surface area (Å²) in [5, 5.41) is 8.27. The van der Waals surface area contributed by atoms with E-state index in [9.17, 15) is 22.0 Å². The van der Waals surface area contributed by atoms with Gasteiger partial charge in [-0.15, -0.1) is 14.9 Å². The molecule has 0 radical (unpaired) electrons. The van der Waals surface area contributed by atoms with E-state index in [0.717, 1.165) is 19.4 Å². The van der Waals surface area contributed by atoms with Crippen LogP contribution in [0.25, 0.3) is 31.9 Å². The summed E-state index contributed by atoms with van der Waals surface area (Å²) < 4.78 is 57.3. The Morgan fingerprint density at radius 3 is 2.66 bits per heavy atom. The fraction of sp³-hybridized carbons (Fsp3) is 0.440. The van der Waals surface area contributed by atoms with E-state index < -0.39 is 27.1 Å². The Balaban J connectivity index is 1.37. The van der Waals surface area contributed by atoms with Gasteiger partial charge < -0.3 is 9.80 Å². The number of amides is 1. The molecule has 41 heavy (non-hydrogen) atoms. The van der Waals surface area contributed by atoms with Crippen molar-refractivity contribution in [2.24, 2.45) is 5.92 Å². The van der Waals surface area contributed by atoms with E-state index in [4.69, 9.17) is 6.57 Å². The number of rotatable bonds is 8. The van der Waals surface area contributed by atoms with Crippen molar-refractivity contribution >= 4 is 55.0 Å². The first-order chi connectivity index (χ1) is 19.7. The predicted octanol–water partition coefficient (Wildman–Crippen LogP) is 3.11. The maximum atomic E-state index is 13.4. The number of anilines is 1. The molecule has 212 valence electrons. The Hall–Kier alpha value is -3.81. The predicted molar refractivity (Wildman–Crippen MR) is 145 cm³/mol. The van der Waals surface area contributed by atoms with Crippen LogP contribution in [0.15, 0.2) is 29.4 Å². The van der Waals surface area contributed by atoms with Crippen LogP contribution in [0.2, 0.25) is 0 Å². The van der Waals surface area contributed by atoms with Crippen LogP contribution in [0.4, 0.5) is 14.6 Å². The third-order valence-electron chi connectivity index (χ3n) is 7.67. The molecule has 2 aliphatic carbocycles. The van der Waals surface area contributed by atoms with Crippen LogP contribution in [0, 0.1) is 12.5 Å². The van der Waals surface area contributed by atoms with E-state index >= 15 is 0 Å². The number of nitrogens with zero attached hydrogens (tertiary/aromatic N) is 8.